The fraction of sp³-hybridized carbons (Fsp3) is 0.515. The fourth-order valence-electron chi connectivity index (χ4n) is 6.85. The highest BCUT2D eigenvalue weighted by atomic mass is 16.7. The van der Waals surface area contributed by atoms with Crippen molar-refractivity contribution in [3.8, 4) is 0 Å². The smallest absolute Gasteiger partial charge is 0.193 e. The van der Waals surface area contributed by atoms with Crippen LogP contribution in [0, 0.1) is 16.7 Å². The van der Waals surface area contributed by atoms with Gasteiger partial charge in [-0.3, -0.25) is 9.59 Å². The Balaban J connectivity index is 2.06. The molecular formula is C33H42O5. The van der Waals surface area contributed by atoms with Gasteiger partial charge in [0.1, 0.15) is 11.3 Å². The van der Waals surface area contributed by atoms with Crippen LogP contribution in [-0.4, -0.2) is 33.2 Å². The second-order valence-corrected chi connectivity index (χ2v) is 12.5. The van der Waals surface area contributed by atoms with Crippen molar-refractivity contribution < 1.29 is 24.5 Å². The molecule has 2 saturated heterocycles. The first-order chi connectivity index (χ1) is 17.7. The van der Waals surface area contributed by atoms with E-state index in [0.29, 0.717) is 18.4 Å². The Kier molecular flexibility index (Phi) is 7.26. The standard InChI is InChI=1S/C33H42O5/c1-21(2)13-14-25-19-31(17-15-22(3)4)28(35)26(27(34)24-11-9-8-10-12-24)29(36)32(18-16-23(5)6)20-30(25,7)38-33(31,32)37/h8-13,15-16,25,34,37H,14,17-20H2,1-7H3/t25-,30-,31-,32+,33-/m1/s1. The first kappa shape index (κ1) is 28.3. The molecule has 0 amide bonds. The van der Waals surface area contributed by atoms with Crippen LogP contribution in [0.25, 0.3) is 5.76 Å². The van der Waals surface area contributed by atoms with Gasteiger partial charge in [-0.15, -0.1) is 0 Å². The number of carbonyl (C=O) groups is 2. The molecule has 1 aliphatic carbocycles. The van der Waals surface area contributed by atoms with Crippen LogP contribution < -0.4 is 0 Å². The number of hydrogen-bond acceptors (Lipinski definition) is 5. The molecule has 5 heteroatoms. The maximum atomic E-state index is 14.6. The summed E-state index contributed by atoms with van der Waals surface area (Å²) in [5, 5.41) is 24.1. The van der Waals surface area contributed by atoms with Crippen molar-refractivity contribution in [1.29, 1.82) is 0 Å². The molecule has 4 rings (SSSR count). The summed E-state index contributed by atoms with van der Waals surface area (Å²) >= 11 is 0. The Labute approximate surface area is 227 Å². The molecule has 5 nitrogen and oxygen atoms in total. The van der Waals surface area contributed by atoms with E-state index in [1.54, 1.807) is 24.3 Å². The van der Waals surface area contributed by atoms with Crippen LogP contribution in [0.3, 0.4) is 0 Å². The number of ketones is 2. The van der Waals surface area contributed by atoms with Crippen molar-refractivity contribution in [2.75, 3.05) is 0 Å². The summed E-state index contributed by atoms with van der Waals surface area (Å²) in [7, 11) is 0. The lowest BCUT2D eigenvalue weighted by Gasteiger charge is -2.57. The summed E-state index contributed by atoms with van der Waals surface area (Å²) in [6.07, 6.45) is 7.82. The summed E-state index contributed by atoms with van der Waals surface area (Å²) in [4.78, 5) is 29.2. The molecule has 3 aliphatic rings. The summed E-state index contributed by atoms with van der Waals surface area (Å²) in [5.74, 6) is -3.46. The molecule has 204 valence electrons. The highest BCUT2D eigenvalue weighted by Gasteiger charge is 2.82. The quantitative estimate of drug-likeness (QED) is 0.175. The summed E-state index contributed by atoms with van der Waals surface area (Å²) in [6.45, 7) is 13.9. The monoisotopic (exact) mass is 518 g/mol. The maximum absolute atomic E-state index is 14.6. The number of rotatable bonds is 7. The Bertz CT molecular complexity index is 1260. The Morgan fingerprint density at radius 1 is 0.895 bits per heavy atom. The van der Waals surface area contributed by atoms with Gasteiger partial charge >= 0.3 is 0 Å². The van der Waals surface area contributed by atoms with Gasteiger partial charge in [0.2, 0.25) is 0 Å². The van der Waals surface area contributed by atoms with Gasteiger partial charge in [-0.05, 0) is 86.5 Å². The van der Waals surface area contributed by atoms with Crippen LogP contribution in [0.2, 0.25) is 0 Å². The van der Waals surface area contributed by atoms with Crippen LogP contribution in [0.1, 0.15) is 86.1 Å². The largest absolute Gasteiger partial charge is 0.506 e. The number of carbonyl (C=O) groups excluding carboxylic acids is 2. The Morgan fingerprint density at radius 3 is 1.97 bits per heavy atom. The average Bonchev–Trinajstić information content (AvgIpc) is 3.08. The third kappa shape index (κ3) is 4.15. The first-order valence-corrected chi connectivity index (χ1v) is 13.6. The van der Waals surface area contributed by atoms with Gasteiger partial charge in [0, 0.05) is 5.56 Å². The van der Waals surface area contributed by atoms with E-state index in [2.05, 4.69) is 6.08 Å². The van der Waals surface area contributed by atoms with E-state index in [9.17, 15) is 19.8 Å². The van der Waals surface area contributed by atoms with E-state index in [-0.39, 0.29) is 36.5 Å². The zero-order chi connectivity index (χ0) is 28.1. The molecule has 0 unspecified atom stereocenters. The SMILES string of the molecule is CC(C)=CC[C@@H]1C[C@]2(CC=C(C)C)C(=O)C(=C(O)c3ccccc3)C(=O)[C@]3(CC=C(C)C)C[C@@]1(C)O[C@@]32O. The molecule has 0 radical (unpaired) electrons. The van der Waals surface area contributed by atoms with Gasteiger partial charge in [0.15, 0.2) is 17.4 Å². The zero-order valence-corrected chi connectivity index (χ0v) is 23.9. The van der Waals surface area contributed by atoms with E-state index in [1.165, 1.54) is 0 Å². The van der Waals surface area contributed by atoms with E-state index in [0.717, 1.165) is 16.7 Å². The maximum Gasteiger partial charge on any atom is 0.193 e. The number of hydrogen-bond donors (Lipinski definition) is 2. The molecule has 0 aromatic heterocycles. The summed E-state index contributed by atoms with van der Waals surface area (Å²) in [5.41, 5.74) is -0.245. The number of benzene rings is 1. The minimum atomic E-state index is -2.00. The summed E-state index contributed by atoms with van der Waals surface area (Å²) < 4.78 is 6.65. The van der Waals surface area contributed by atoms with Crippen molar-refractivity contribution in [2.45, 2.75) is 92.0 Å². The number of aliphatic hydroxyl groups excluding tert-OH is 1. The number of Topliss-reactive ketones (excluding diaryl/α,β-unsaturated/α-hetero) is 2. The molecule has 1 saturated carbocycles. The van der Waals surface area contributed by atoms with Crippen molar-refractivity contribution in [2.24, 2.45) is 16.7 Å². The molecule has 2 N–H and O–H groups in total. The third-order valence-electron chi connectivity index (χ3n) is 8.93. The Hall–Kier alpha value is -2.76. The van der Waals surface area contributed by atoms with Crippen LogP contribution in [-0.2, 0) is 14.3 Å². The minimum absolute atomic E-state index is 0.0909. The normalized spacial score (nSPS) is 35.0. The van der Waals surface area contributed by atoms with Gasteiger partial charge in [0.05, 0.1) is 16.4 Å². The highest BCUT2D eigenvalue weighted by Crippen LogP contribution is 2.72. The van der Waals surface area contributed by atoms with E-state index in [4.69, 9.17) is 4.74 Å². The molecule has 3 fully saturated rings. The predicted molar refractivity (Wildman–Crippen MR) is 150 cm³/mol. The highest BCUT2D eigenvalue weighted by molar-refractivity contribution is 6.30. The molecule has 38 heavy (non-hydrogen) atoms. The van der Waals surface area contributed by atoms with Crippen LogP contribution in [0.15, 0.2) is 70.9 Å². The lowest BCUT2D eigenvalue weighted by molar-refractivity contribution is -0.338. The van der Waals surface area contributed by atoms with E-state index >= 15 is 0 Å². The van der Waals surface area contributed by atoms with Crippen LogP contribution >= 0.6 is 0 Å². The molecule has 2 heterocycles. The molecule has 0 spiro atoms. The lowest BCUT2D eigenvalue weighted by atomic mass is 9.51. The van der Waals surface area contributed by atoms with Gasteiger partial charge in [0.25, 0.3) is 0 Å². The predicted octanol–water partition coefficient (Wildman–Crippen LogP) is 7.04. The van der Waals surface area contributed by atoms with Gasteiger partial charge in [-0.25, -0.2) is 0 Å². The fourth-order valence-corrected chi connectivity index (χ4v) is 6.85. The average molecular weight is 519 g/mol. The number of fused-ring (bicyclic) bond motifs is 1. The number of allylic oxidation sites excluding steroid dienone is 7. The van der Waals surface area contributed by atoms with Crippen LogP contribution in [0.4, 0.5) is 0 Å². The van der Waals surface area contributed by atoms with Crippen molar-refractivity contribution in [3.05, 3.63) is 76.4 Å². The molecule has 1 aromatic carbocycles. The van der Waals surface area contributed by atoms with Crippen molar-refractivity contribution >= 4 is 17.3 Å². The molecule has 1 aromatic rings. The van der Waals surface area contributed by atoms with Gasteiger partial charge < -0.3 is 14.9 Å². The second kappa shape index (κ2) is 9.77. The van der Waals surface area contributed by atoms with Crippen molar-refractivity contribution in [1.82, 2.24) is 0 Å². The molecule has 2 aliphatic heterocycles. The molecule has 2 bridgehead atoms. The van der Waals surface area contributed by atoms with E-state index < -0.39 is 33.8 Å². The third-order valence-corrected chi connectivity index (χ3v) is 8.93. The lowest BCUT2D eigenvalue weighted by Crippen LogP contribution is -2.70. The second-order valence-electron chi connectivity index (χ2n) is 12.5. The molecular weight excluding hydrogens is 476 g/mol. The minimum Gasteiger partial charge on any atom is -0.506 e. The zero-order valence-electron chi connectivity index (χ0n) is 23.9. The number of ether oxygens (including phenoxy) is 1. The van der Waals surface area contributed by atoms with E-state index in [1.807, 2.05) is 66.7 Å². The Morgan fingerprint density at radius 2 is 1.42 bits per heavy atom. The molecule has 5 atom stereocenters. The first-order valence-electron chi connectivity index (χ1n) is 13.6. The van der Waals surface area contributed by atoms with Crippen molar-refractivity contribution in [3.63, 3.8) is 0 Å². The number of aliphatic hydroxyl groups is 2. The van der Waals surface area contributed by atoms with Gasteiger partial charge in [-0.2, -0.15) is 0 Å². The van der Waals surface area contributed by atoms with Crippen LogP contribution in [0.5, 0.6) is 0 Å². The summed E-state index contributed by atoms with van der Waals surface area (Å²) in [6, 6.07) is 8.73. The van der Waals surface area contributed by atoms with Gasteiger partial charge in [-0.1, -0.05) is 65.3 Å². The topological polar surface area (TPSA) is 83.8 Å².